The van der Waals surface area contributed by atoms with Gasteiger partial charge in [-0.15, -0.1) is 0 Å². The van der Waals surface area contributed by atoms with Crippen LogP contribution < -0.4 is 16.0 Å². The van der Waals surface area contributed by atoms with E-state index in [1.165, 1.54) is 11.3 Å². The van der Waals surface area contributed by atoms with Gasteiger partial charge in [-0.25, -0.2) is 9.97 Å². The number of aromatic nitrogens is 3. The van der Waals surface area contributed by atoms with Crippen LogP contribution in [0.5, 0.6) is 0 Å². The molecule has 5 rings (SSSR count). The third-order valence-electron chi connectivity index (χ3n) is 6.11. The van der Waals surface area contributed by atoms with Crippen molar-refractivity contribution in [2.24, 2.45) is 5.92 Å². The maximum Gasteiger partial charge on any atom is 0.251 e. The minimum Gasteiger partial charge on any atom is -0.383 e. The first-order chi connectivity index (χ1) is 16.6. The number of nitrogens with zero attached hydrogens (tertiary/aromatic N) is 3. The smallest absolute Gasteiger partial charge is 0.251 e. The summed E-state index contributed by atoms with van der Waals surface area (Å²) in [5.41, 5.74) is 3.17. The van der Waals surface area contributed by atoms with Crippen LogP contribution in [0.1, 0.15) is 23.2 Å². The van der Waals surface area contributed by atoms with E-state index in [1.54, 1.807) is 7.11 Å². The molecule has 0 bridgehead atoms. The number of benzene rings is 2. The highest BCUT2D eigenvalue weighted by molar-refractivity contribution is 7.22. The highest BCUT2D eigenvalue weighted by atomic mass is 35.5. The Morgan fingerprint density at radius 2 is 2.06 bits per heavy atom. The number of imidazole rings is 1. The van der Waals surface area contributed by atoms with Crippen molar-refractivity contribution in [3.63, 3.8) is 0 Å². The van der Waals surface area contributed by atoms with Gasteiger partial charge in [0.1, 0.15) is 0 Å². The minimum atomic E-state index is -0.0653. The second-order valence-corrected chi connectivity index (χ2v) is 9.91. The van der Waals surface area contributed by atoms with Crippen LogP contribution in [0, 0.1) is 5.92 Å². The maximum absolute atomic E-state index is 12.8. The third-order valence-corrected chi connectivity index (χ3v) is 7.28. The summed E-state index contributed by atoms with van der Waals surface area (Å²) >= 11 is 7.64. The number of hydrogen-bond donors (Lipinski definition) is 3. The molecule has 3 heterocycles. The second kappa shape index (κ2) is 10.3. The quantitative estimate of drug-likeness (QED) is 0.333. The van der Waals surface area contributed by atoms with Crippen molar-refractivity contribution in [2.75, 3.05) is 38.7 Å². The first kappa shape index (κ1) is 23.0. The molecule has 1 aliphatic heterocycles. The molecule has 3 N–H and O–H groups in total. The van der Waals surface area contributed by atoms with Gasteiger partial charge in [0, 0.05) is 30.8 Å². The number of amides is 1. The molecular formula is C24H27ClN6O2S. The molecule has 0 saturated carbocycles. The van der Waals surface area contributed by atoms with Gasteiger partial charge < -0.3 is 25.3 Å². The Morgan fingerprint density at radius 1 is 1.21 bits per heavy atom. The van der Waals surface area contributed by atoms with Crippen LogP contribution in [0.25, 0.3) is 21.3 Å². The van der Waals surface area contributed by atoms with Gasteiger partial charge in [0.15, 0.2) is 5.13 Å². The number of nitrogens with one attached hydrogen (secondary N) is 3. The normalized spacial score (nSPS) is 14.6. The number of fused-ring (bicyclic) bond motifs is 2. The molecule has 10 heteroatoms. The average Bonchev–Trinajstić information content (AvgIpc) is 3.41. The zero-order chi connectivity index (χ0) is 23.5. The van der Waals surface area contributed by atoms with Crippen molar-refractivity contribution in [1.29, 1.82) is 0 Å². The molecule has 34 heavy (non-hydrogen) atoms. The summed E-state index contributed by atoms with van der Waals surface area (Å²) in [6.45, 7) is 3.89. The zero-order valence-corrected chi connectivity index (χ0v) is 20.5. The second-order valence-electron chi connectivity index (χ2n) is 8.44. The summed E-state index contributed by atoms with van der Waals surface area (Å²) < 4.78 is 8.36. The van der Waals surface area contributed by atoms with Crippen LogP contribution >= 0.6 is 22.9 Å². The molecule has 0 aliphatic carbocycles. The summed E-state index contributed by atoms with van der Waals surface area (Å²) in [5, 5.41) is 11.2. The minimum absolute atomic E-state index is 0.0653. The van der Waals surface area contributed by atoms with E-state index in [4.69, 9.17) is 21.3 Å². The molecule has 2 aromatic heterocycles. The highest BCUT2D eigenvalue weighted by Gasteiger charge is 2.17. The van der Waals surface area contributed by atoms with Crippen molar-refractivity contribution >= 4 is 61.2 Å². The first-order valence-corrected chi connectivity index (χ1v) is 12.6. The van der Waals surface area contributed by atoms with Crippen molar-refractivity contribution in [3.05, 3.63) is 47.0 Å². The lowest BCUT2D eigenvalue weighted by Crippen LogP contribution is -2.35. The molecule has 0 atom stereocenters. The van der Waals surface area contributed by atoms with E-state index in [9.17, 15) is 4.79 Å². The van der Waals surface area contributed by atoms with E-state index in [-0.39, 0.29) is 5.91 Å². The van der Waals surface area contributed by atoms with Crippen LogP contribution in [0.4, 0.5) is 11.1 Å². The summed E-state index contributed by atoms with van der Waals surface area (Å²) in [5.74, 6) is 1.12. The van der Waals surface area contributed by atoms with E-state index in [0.29, 0.717) is 42.1 Å². The Kier molecular flexibility index (Phi) is 6.96. The van der Waals surface area contributed by atoms with Crippen LogP contribution in [-0.4, -0.2) is 53.8 Å². The van der Waals surface area contributed by atoms with Crippen LogP contribution in [0.3, 0.4) is 0 Å². The number of carbonyl (C=O) groups excluding carboxylic acids is 1. The largest absolute Gasteiger partial charge is 0.383 e. The number of anilines is 2. The summed E-state index contributed by atoms with van der Waals surface area (Å²) in [7, 11) is 1.67. The molecule has 1 saturated heterocycles. The number of rotatable bonds is 8. The molecule has 0 radical (unpaired) electrons. The van der Waals surface area contributed by atoms with Crippen molar-refractivity contribution < 1.29 is 9.53 Å². The number of halogens is 1. The number of carbonyl (C=O) groups is 1. The van der Waals surface area contributed by atoms with Gasteiger partial charge in [-0.05, 0) is 68.2 Å². The monoisotopic (exact) mass is 498 g/mol. The highest BCUT2D eigenvalue weighted by Crippen LogP contribution is 2.31. The van der Waals surface area contributed by atoms with Crippen LogP contribution in [0.2, 0.25) is 5.02 Å². The Hall–Kier alpha value is -2.72. The van der Waals surface area contributed by atoms with Gasteiger partial charge in [0.25, 0.3) is 5.91 Å². The predicted octanol–water partition coefficient (Wildman–Crippen LogP) is 4.42. The third kappa shape index (κ3) is 5.02. The van der Waals surface area contributed by atoms with Gasteiger partial charge >= 0.3 is 0 Å². The number of hydrogen-bond acceptors (Lipinski definition) is 7. The molecule has 178 valence electrons. The molecule has 0 unspecified atom stereocenters. The number of thiazole rings is 1. The van der Waals surface area contributed by atoms with Crippen molar-refractivity contribution in [2.45, 2.75) is 19.4 Å². The number of methoxy groups -OCH3 is 1. The molecule has 0 spiro atoms. The van der Waals surface area contributed by atoms with Gasteiger partial charge in [-0.1, -0.05) is 22.9 Å². The Morgan fingerprint density at radius 3 is 2.88 bits per heavy atom. The topological polar surface area (TPSA) is 93.1 Å². The maximum atomic E-state index is 12.8. The van der Waals surface area contributed by atoms with Gasteiger partial charge in [-0.3, -0.25) is 4.79 Å². The summed E-state index contributed by atoms with van der Waals surface area (Å²) in [6, 6.07) is 11.3. The van der Waals surface area contributed by atoms with Crippen molar-refractivity contribution in [3.8, 4) is 0 Å². The Bertz CT molecular complexity index is 1310. The standard InChI is InChI=1S/C24H27ClN6O2S/c1-33-11-10-31-20-5-2-16(22(32)27-14-15-6-8-26-9-7-15)12-19(20)28-23(31)30-24-29-18-4-3-17(25)13-21(18)34-24/h2-5,12-13,15,26H,6-11,14H2,1H3,(H,27,32)(H,28,29,30). The molecular weight excluding hydrogens is 472 g/mol. The van der Waals surface area contributed by atoms with E-state index in [0.717, 1.165) is 52.3 Å². The van der Waals surface area contributed by atoms with Gasteiger partial charge in [0.2, 0.25) is 5.95 Å². The van der Waals surface area contributed by atoms with Crippen LogP contribution in [-0.2, 0) is 11.3 Å². The van der Waals surface area contributed by atoms with E-state index in [1.807, 2.05) is 36.4 Å². The molecule has 1 aliphatic rings. The van der Waals surface area contributed by atoms with Gasteiger partial charge in [-0.2, -0.15) is 0 Å². The Balaban J connectivity index is 1.39. The lowest BCUT2D eigenvalue weighted by atomic mass is 9.98. The summed E-state index contributed by atoms with van der Waals surface area (Å²) in [4.78, 5) is 22.2. The van der Waals surface area contributed by atoms with Crippen LogP contribution in [0.15, 0.2) is 36.4 Å². The van der Waals surface area contributed by atoms with E-state index >= 15 is 0 Å². The molecule has 1 amide bonds. The van der Waals surface area contributed by atoms with Gasteiger partial charge in [0.05, 0.1) is 27.9 Å². The molecule has 8 nitrogen and oxygen atoms in total. The molecule has 2 aromatic carbocycles. The van der Waals surface area contributed by atoms with E-state index < -0.39 is 0 Å². The fourth-order valence-electron chi connectivity index (χ4n) is 4.25. The fraction of sp³-hybridized carbons (Fsp3) is 0.375. The lowest BCUT2D eigenvalue weighted by Gasteiger charge is -2.22. The zero-order valence-electron chi connectivity index (χ0n) is 18.9. The SMILES string of the molecule is COCCn1c(Nc2nc3ccc(Cl)cc3s2)nc2cc(C(=O)NCC3CCNCC3)ccc21. The van der Waals surface area contributed by atoms with Crippen molar-refractivity contribution in [1.82, 2.24) is 25.2 Å². The fourth-order valence-corrected chi connectivity index (χ4v) is 5.38. The van der Waals surface area contributed by atoms with E-state index in [2.05, 4.69) is 25.5 Å². The number of ether oxygens (including phenoxy) is 1. The first-order valence-electron chi connectivity index (χ1n) is 11.4. The number of piperidine rings is 1. The molecule has 4 aromatic rings. The lowest BCUT2D eigenvalue weighted by molar-refractivity contribution is 0.0944. The Labute approximate surface area is 206 Å². The summed E-state index contributed by atoms with van der Waals surface area (Å²) in [6.07, 6.45) is 2.19. The molecule has 1 fully saturated rings. The predicted molar refractivity (Wildman–Crippen MR) is 137 cm³/mol. The average molecular weight is 499 g/mol.